The Morgan fingerprint density at radius 3 is 2.37 bits per heavy atom. The van der Waals surface area contributed by atoms with E-state index in [9.17, 15) is 14.4 Å². The van der Waals surface area contributed by atoms with Crippen molar-refractivity contribution < 1.29 is 14.4 Å². The minimum atomic E-state index is -0.580. The molecule has 0 spiro atoms. The van der Waals surface area contributed by atoms with Crippen LogP contribution in [-0.4, -0.2) is 38.2 Å². The van der Waals surface area contributed by atoms with Crippen molar-refractivity contribution in [2.24, 2.45) is 7.05 Å². The molecule has 30 heavy (non-hydrogen) atoms. The Hall–Kier alpha value is -3.88. The van der Waals surface area contributed by atoms with Gasteiger partial charge in [0.2, 0.25) is 0 Å². The number of carbonyl (C=O) groups is 3. The molecule has 2 aromatic heterocycles. The SMILES string of the molecule is Cc1ccc(C)n1-c1c(C(=O)Nc2ccc(C[C@H]3NC(=O)NC3=O)cc2)cnn1C. The van der Waals surface area contributed by atoms with Gasteiger partial charge in [0.15, 0.2) is 0 Å². The Morgan fingerprint density at radius 2 is 1.77 bits per heavy atom. The summed E-state index contributed by atoms with van der Waals surface area (Å²) < 4.78 is 3.67. The lowest BCUT2D eigenvalue weighted by atomic mass is 10.1. The van der Waals surface area contributed by atoms with Crippen molar-refractivity contribution in [2.75, 3.05) is 5.32 Å². The fourth-order valence-electron chi connectivity index (χ4n) is 3.62. The van der Waals surface area contributed by atoms with Gasteiger partial charge < -0.3 is 15.2 Å². The van der Waals surface area contributed by atoms with E-state index in [1.54, 1.807) is 30.1 Å². The molecule has 4 rings (SSSR count). The molecule has 0 unspecified atom stereocenters. The maximum absolute atomic E-state index is 12.9. The third-order valence-corrected chi connectivity index (χ3v) is 5.15. The number of hydrogen-bond donors (Lipinski definition) is 3. The second-order valence-electron chi connectivity index (χ2n) is 7.33. The number of nitrogens with one attached hydrogen (secondary N) is 3. The lowest BCUT2D eigenvalue weighted by molar-refractivity contribution is -0.120. The molecule has 1 fully saturated rings. The van der Waals surface area contributed by atoms with Crippen LogP contribution in [0.15, 0.2) is 42.6 Å². The molecule has 1 saturated heterocycles. The number of aromatic nitrogens is 3. The van der Waals surface area contributed by atoms with Gasteiger partial charge in [0.1, 0.15) is 17.4 Å². The summed E-state index contributed by atoms with van der Waals surface area (Å²) in [4.78, 5) is 35.8. The van der Waals surface area contributed by atoms with Gasteiger partial charge in [0.25, 0.3) is 11.8 Å². The third-order valence-electron chi connectivity index (χ3n) is 5.15. The molecule has 1 aliphatic heterocycles. The molecular formula is C21H22N6O3. The van der Waals surface area contributed by atoms with E-state index in [-0.39, 0.29) is 11.8 Å². The van der Waals surface area contributed by atoms with Crippen LogP contribution in [0.25, 0.3) is 5.82 Å². The zero-order valence-electron chi connectivity index (χ0n) is 16.9. The molecule has 9 heteroatoms. The maximum Gasteiger partial charge on any atom is 0.322 e. The number of anilines is 1. The van der Waals surface area contributed by atoms with Gasteiger partial charge in [-0.25, -0.2) is 4.79 Å². The molecular weight excluding hydrogens is 384 g/mol. The minimum Gasteiger partial charge on any atom is -0.326 e. The van der Waals surface area contributed by atoms with Gasteiger partial charge in [0.05, 0.1) is 6.20 Å². The Bertz CT molecular complexity index is 1120. The van der Waals surface area contributed by atoms with E-state index in [2.05, 4.69) is 21.0 Å². The quantitative estimate of drug-likeness (QED) is 0.562. The van der Waals surface area contributed by atoms with Crippen LogP contribution in [0.5, 0.6) is 0 Å². The molecule has 0 bridgehead atoms. The van der Waals surface area contributed by atoms with Gasteiger partial charge in [-0.15, -0.1) is 0 Å². The third kappa shape index (κ3) is 3.57. The standard InChI is InChI=1S/C21H22N6O3/c1-12-4-5-13(2)27(12)20-16(11-22-26(20)3)18(28)23-15-8-6-14(7-9-15)10-17-19(29)25-21(30)24-17/h4-9,11,17H,10H2,1-3H3,(H,23,28)(H2,24,25,29,30)/t17-/m1/s1. The molecule has 3 N–H and O–H groups in total. The van der Waals surface area contributed by atoms with Crippen molar-refractivity contribution >= 4 is 23.5 Å². The highest BCUT2D eigenvalue weighted by molar-refractivity contribution is 6.06. The zero-order valence-corrected chi connectivity index (χ0v) is 16.9. The minimum absolute atomic E-state index is 0.263. The average molecular weight is 406 g/mol. The topological polar surface area (TPSA) is 110 Å². The Kier molecular flexibility index (Phi) is 4.86. The summed E-state index contributed by atoms with van der Waals surface area (Å²) in [7, 11) is 1.80. The summed E-state index contributed by atoms with van der Waals surface area (Å²) in [5.74, 6) is 0.102. The predicted molar refractivity (Wildman–Crippen MR) is 111 cm³/mol. The molecule has 154 valence electrons. The summed E-state index contributed by atoms with van der Waals surface area (Å²) in [5, 5.41) is 11.9. The summed E-state index contributed by atoms with van der Waals surface area (Å²) >= 11 is 0. The number of carbonyl (C=O) groups excluding carboxylic acids is 3. The van der Waals surface area contributed by atoms with Crippen molar-refractivity contribution in [1.29, 1.82) is 0 Å². The number of rotatable bonds is 5. The highest BCUT2D eigenvalue weighted by Gasteiger charge is 2.29. The van der Waals surface area contributed by atoms with Crippen LogP contribution in [0, 0.1) is 13.8 Å². The lowest BCUT2D eigenvalue weighted by Gasteiger charge is -2.13. The van der Waals surface area contributed by atoms with Gasteiger partial charge in [-0.3, -0.25) is 19.6 Å². The Labute approximate surface area is 173 Å². The summed E-state index contributed by atoms with van der Waals surface area (Å²) in [6, 6.07) is 10.1. The fraction of sp³-hybridized carbons (Fsp3) is 0.238. The number of imide groups is 1. The normalized spacial score (nSPS) is 15.8. The number of urea groups is 1. The van der Waals surface area contributed by atoms with Gasteiger partial charge in [0, 0.05) is 30.5 Å². The van der Waals surface area contributed by atoms with Gasteiger partial charge in [-0.1, -0.05) is 12.1 Å². The van der Waals surface area contributed by atoms with E-state index >= 15 is 0 Å². The first-order valence-corrected chi connectivity index (χ1v) is 9.52. The van der Waals surface area contributed by atoms with Crippen LogP contribution in [0.3, 0.4) is 0 Å². The number of nitrogens with zero attached hydrogens (tertiary/aromatic N) is 3. The molecule has 0 saturated carbocycles. The summed E-state index contributed by atoms with van der Waals surface area (Å²) in [6.07, 6.45) is 1.93. The van der Waals surface area contributed by atoms with Crippen LogP contribution in [0.1, 0.15) is 27.3 Å². The first-order chi connectivity index (χ1) is 14.3. The highest BCUT2D eigenvalue weighted by Crippen LogP contribution is 2.21. The van der Waals surface area contributed by atoms with Gasteiger partial charge in [-0.2, -0.15) is 5.10 Å². The maximum atomic E-state index is 12.9. The fourth-order valence-corrected chi connectivity index (χ4v) is 3.62. The molecule has 0 radical (unpaired) electrons. The van der Waals surface area contributed by atoms with Crippen LogP contribution in [-0.2, 0) is 18.3 Å². The highest BCUT2D eigenvalue weighted by atomic mass is 16.2. The van der Waals surface area contributed by atoms with Gasteiger partial charge >= 0.3 is 6.03 Å². The molecule has 3 aromatic rings. The van der Waals surface area contributed by atoms with Crippen LogP contribution >= 0.6 is 0 Å². The summed E-state index contributed by atoms with van der Waals surface area (Å²) in [6.45, 7) is 3.96. The second-order valence-corrected chi connectivity index (χ2v) is 7.33. The molecule has 1 aliphatic rings. The molecule has 4 amide bonds. The van der Waals surface area contributed by atoms with Crippen molar-refractivity contribution in [3.05, 3.63) is 65.1 Å². The van der Waals surface area contributed by atoms with Crippen LogP contribution < -0.4 is 16.0 Å². The molecule has 0 aliphatic carbocycles. The lowest BCUT2D eigenvalue weighted by Crippen LogP contribution is -2.31. The van der Waals surface area contributed by atoms with Gasteiger partial charge in [-0.05, 0) is 43.7 Å². The largest absolute Gasteiger partial charge is 0.326 e. The Balaban J connectivity index is 1.50. The van der Waals surface area contributed by atoms with E-state index in [0.29, 0.717) is 23.5 Å². The molecule has 3 heterocycles. The van der Waals surface area contributed by atoms with Crippen LogP contribution in [0.4, 0.5) is 10.5 Å². The van der Waals surface area contributed by atoms with E-state index in [1.165, 1.54) is 0 Å². The molecule has 1 atom stereocenters. The van der Waals surface area contributed by atoms with Crippen molar-refractivity contribution in [2.45, 2.75) is 26.3 Å². The summed E-state index contributed by atoms with van der Waals surface area (Å²) in [5.41, 5.74) is 3.99. The van der Waals surface area contributed by atoms with Crippen LogP contribution in [0.2, 0.25) is 0 Å². The van der Waals surface area contributed by atoms with E-state index in [4.69, 9.17) is 0 Å². The molecule has 1 aromatic carbocycles. The first-order valence-electron chi connectivity index (χ1n) is 9.52. The van der Waals surface area contributed by atoms with E-state index in [0.717, 1.165) is 17.0 Å². The zero-order chi connectivity index (χ0) is 21.4. The number of benzene rings is 1. The number of hydrogen-bond acceptors (Lipinski definition) is 4. The van der Waals surface area contributed by atoms with E-state index < -0.39 is 12.1 Å². The number of amides is 4. The first kappa shape index (κ1) is 19.4. The number of aryl methyl sites for hydroxylation is 3. The monoisotopic (exact) mass is 406 g/mol. The smallest absolute Gasteiger partial charge is 0.322 e. The van der Waals surface area contributed by atoms with Crippen molar-refractivity contribution in [3.63, 3.8) is 0 Å². The second kappa shape index (κ2) is 7.51. The van der Waals surface area contributed by atoms with E-state index in [1.807, 2.05) is 42.7 Å². The predicted octanol–water partition coefficient (Wildman–Crippen LogP) is 1.83. The van der Waals surface area contributed by atoms with Crippen molar-refractivity contribution in [3.8, 4) is 5.82 Å². The van der Waals surface area contributed by atoms with Crippen molar-refractivity contribution in [1.82, 2.24) is 25.0 Å². The Morgan fingerprint density at radius 1 is 1.10 bits per heavy atom. The molecule has 9 nitrogen and oxygen atoms in total. The average Bonchev–Trinajstić information content (AvgIpc) is 3.34.